The number of nitrogens with one attached hydrogen (secondary N) is 2. The molecule has 1 saturated heterocycles. The summed E-state index contributed by atoms with van der Waals surface area (Å²) in [6, 6.07) is 10.1. The fourth-order valence-electron chi connectivity index (χ4n) is 4.12. The van der Waals surface area contributed by atoms with E-state index in [2.05, 4.69) is 30.6 Å². The molecule has 0 bridgehead atoms. The van der Waals surface area contributed by atoms with Gasteiger partial charge in [-0.25, -0.2) is 9.97 Å². The molecule has 33 heavy (non-hydrogen) atoms. The van der Waals surface area contributed by atoms with Crippen molar-refractivity contribution >= 4 is 39.5 Å². The minimum Gasteiger partial charge on any atom is -0.394 e. The molecule has 170 valence electrons. The van der Waals surface area contributed by atoms with Crippen molar-refractivity contribution in [1.29, 1.82) is 0 Å². The van der Waals surface area contributed by atoms with Crippen LogP contribution < -0.4 is 10.6 Å². The number of aromatic nitrogens is 5. The Balaban J connectivity index is 1.44. The summed E-state index contributed by atoms with van der Waals surface area (Å²) in [5.74, 6) is 1.49. The minimum atomic E-state index is -1.24. The zero-order chi connectivity index (χ0) is 22.5. The van der Waals surface area contributed by atoms with Gasteiger partial charge in [-0.1, -0.05) is 24.3 Å². The SMILES string of the molecule is OCC1OC(n2cnc3c(NC4CC4)nc(Nc4nccc5ccccc45)nc32)C(O)C1O. The third kappa shape index (κ3) is 3.55. The molecule has 6 rings (SSSR count). The third-order valence-corrected chi connectivity index (χ3v) is 6.03. The molecule has 4 heterocycles. The van der Waals surface area contributed by atoms with E-state index in [1.807, 2.05) is 30.3 Å². The van der Waals surface area contributed by atoms with E-state index in [1.165, 1.54) is 6.33 Å². The second-order valence-electron chi connectivity index (χ2n) is 8.37. The van der Waals surface area contributed by atoms with Gasteiger partial charge in [-0.05, 0) is 24.3 Å². The van der Waals surface area contributed by atoms with Crippen LogP contribution in [0.3, 0.4) is 0 Å². The Morgan fingerprint density at radius 3 is 2.67 bits per heavy atom. The number of pyridine rings is 1. The maximum atomic E-state index is 10.5. The molecule has 0 radical (unpaired) electrons. The molecule has 0 amide bonds. The summed E-state index contributed by atoms with van der Waals surface area (Å²) in [6.07, 6.45) is 1.00. The predicted molar refractivity (Wildman–Crippen MR) is 120 cm³/mol. The summed E-state index contributed by atoms with van der Waals surface area (Å²) in [5, 5.41) is 38.7. The van der Waals surface area contributed by atoms with Crippen LogP contribution in [0, 0.1) is 0 Å². The Morgan fingerprint density at radius 2 is 1.88 bits per heavy atom. The number of rotatable bonds is 6. The predicted octanol–water partition coefficient (Wildman–Crippen LogP) is 1.30. The second-order valence-corrected chi connectivity index (χ2v) is 8.37. The lowest BCUT2D eigenvalue weighted by atomic mass is 10.1. The molecule has 1 aliphatic carbocycles. The van der Waals surface area contributed by atoms with Crippen LogP contribution in [-0.2, 0) is 4.74 Å². The number of fused-ring (bicyclic) bond motifs is 2. The zero-order valence-electron chi connectivity index (χ0n) is 17.5. The molecule has 1 aliphatic heterocycles. The molecule has 4 aromatic rings. The first kappa shape index (κ1) is 20.2. The molecule has 4 atom stereocenters. The van der Waals surface area contributed by atoms with Crippen molar-refractivity contribution in [1.82, 2.24) is 24.5 Å². The summed E-state index contributed by atoms with van der Waals surface area (Å²) >= 11 is 0. The Kier molecular flexibility index (Phi) is 4.84. The van der Waals surface area contributed by atoms with Gasteiger partial charge >= 0.3 is 0 Å². The van der Waals surface area contributed by atoms with E-state index in [4.69, 9.17) is 4.74 Å². The molecule has 11 nitrogen and oxygen atoms in total. The molecule has 11 heteroatoms. The van der Waals surface area contributed by atoms with Crippen molar-refractivity contribution < 1.29 is 20.1 Å². The molecule has 5 N–H and O–H groups in total. The smallest absolute Gasteiger partial charge is 0.232 e. The Hall–Kier alpha value is -3.38. The van der Waals surface area contributed by atoms with Gasteiger partial charge in [0.25, 0.3) is 0 Å². The molecule has 2 aliphatic rings. The number of aliphatic hydroxyl groups is 3. The first-order valence-corrected chi connectivity index (χ1v) is 10.9. The van der Waals surface area contributed by atoms with Gasteiger partial charge < -0.3 is 30.7 Å². The van der Waals surface area contributed by atoms with Gasteiger partial charge in [-0.2, -0.15) is 9.97 Å². The van der Waals surface area contributed by atoms with E-state index in [0.29, 0.717) is 34.8 Å². The largest absolute Gasteiger partial charge is 0.394 e. The molecule has 0 spiro atoms. The highest BCUT2D eigenvalue weighted by Gasteiger charge is 2.44. The highest BCUT2D eigenvalue weighted by Crippen LogP contribution is 2.34. The third-order valence-electron chi connectivity index (χ3n) is 6.03. The van der Waals surface area contributed by atoms with Gasteiger partial charge in [-0.15, -0.1) is 0 Å². The van der Waals surface area contributed by atoms with Crippen LogP contribution in [0.5, 0.6) is 0 Å². The van der Waals surface area contributed by atoms with Gasteiger partial charge in [0.15, 0.2) is 23.2 Å². The van der Waals surface area contributed by atoms with Crippen LogP contribution in [0.4, 0.5) is 17.6 Å². The number of nitrogens with zero attached hydrogens (tertiary/aromatic N) is 5. The van der Waals surface area contributed by atoms with Crippen LogP contribution in [0.2, 0.25) is 0 Å². The lowest BCUT2D eigenvalue weighted by Crippen LogP contribution is -2.33. The van der Waals surface area contributed by atoms with E-state index in [0.717, 1.165) is 23.6 Å². The summed E-state index contributed by atoms with van der Waals surface area (Å²) in [4.78, 5) is 18.2. The minimum absolute atomic E-state index is 0.308. The number of aliphatic hydroxyl groups excluding tert-OH is 3. The Labute approximate surface area is 188 Å². The van der Waals surface area contributed by atoms with E-state index < -0.39 is 31.1 Å². The monoisotopic (exact) mass is 449 g/mol. The maximum absolute atomic E-state index is 10.5. The number of hydrogen-bond donors (Lipinski definition) is 5. The topological polar surface area (TPSA) is 150 Å². The fourth-order valence-corrected chi connectivity index (χ4v) is 4.12. The highest BCUT2D eigenvalue weighted by molar-refractivity contribution is 5.93. The molecule has 2 fully saturated rings. The molecule has 3 aromatic heterocycles. The van der Waals surface area contributed by atoms with Gasteiger partial charge in [-0.3, -0.25) is 4.57 Å². The van der Waals surface area contributed by atoms with Crippen molar-refractivity contribution in [3.8, 4) is 0 Å². The molecule has 1 saturated carbocycles. The molecular formula is C22H23N7O4. The van der Waals surface area contributed by atoms with Crippen LogP contribution in [0.15, 0.2) is 42.9 Å². The quantitative estimate of drug-likeness (QED) is 0.291. The van der Waals surface area contributed by atoms with Crippen molar-refractivity contribution in [3.05, 3.63) is 42.9 Å². The maximum Gasteiger partial charge on any atom is 0.232 e. The van der Waals surface area contributed by atoms with Gasteiger partial charge in [0.05, 0.1) is 12.9 Å². The Morgan fingerprint density at radius 1 is 1.03 bits per heavy atom. The van der Waals surface area contributed by atoms with Crippen LogP contribution >= 0.6 is 0 Å². The van der Waals surface area contributed by atoms with E-state index in [9.17, 15) is 15.3 Å². The summed E-state index contributed by atoms with van der Waals surface area (Å²) in [6.45, 7) is -0.412. The van der Waals surface area contributed by atoms with Gasteiger partial charge in [0, 0.05) is 17.6 Å². The van der Waals surface area contributed by atoms with E-state index in [-0.39, 0.29) is 0 Å². The number of ether oxygens (including phenoxy) is 1. The average Bonchev–Trinajstić information content (AvgIpc) is 3.48. The standard InChI is InChI=1S/C22H23N7O4/c30-9-14-16(31)17(32)21(33-14)29-10-24-15-19(25-12-5-6-12)27-22(28-20(15)29)26-18-13-4-2-1-3-11(13)7-8-23-18/h1-4,7-8,10,12,14,16-17,21,30-32H,5-6,9H2,(H2,23,25,26,27,28). The summed E-state index contributed by atoms with van der Waals surface area (Å²) in [7, 11) is 0. The van der Waals surface area contributed by atoms with Crippen molar-refractivity contribution in [2.24, 2.45) is 0 Å². The number of hydrogen-bond acceptors (Lipinski definition) is 10. The first-order valence-electron chi connectivity index (χ1n) is 10.9. The van der Waals surface area contributed by atoms with Crippen molar-refractivity contribution in [2.75, 3.05) is 17.2 Å². The van der Waals surface area contributed by atoms with Gasteiger partial charge in [0.2, 0.25) is 5.95 Å². The van der Waals surface area contributed by atoms with Gasteiger partial charge in [0.1, 0.15) is 24.1 Å². The zero-order valence-corrected chi connectivity index (χ0v) is 17.5. The average molecular weight is 449 g/mol. The number of benzene rings is 1. The highest BCUT2D eigenvalue weighted by atomic mass is 16.6. The van der Waals surface area contributed by atoms with Crippen molar-refractivity contribution in [2.45, 2.75) is 43.4 Å². The van der Waals surface area contributed by atoms with Crippen LogP contribution in [-0.4, -0.2) is 70.8 Å². The lowest BCUT2D eigenvalue weighted by molar-refractivity contribution is -0.0511. The number of imidazole rings is 1. The fraction of sp³-hybridized carbons (Fsp3) is 0.364. The molecular weight excluding hydrogens is 426 g/mol. The van der Waals surface area contributed by atoms with E-state index >= 15 is 0 Å². The first-order chi connectivity index (χ1) is 16.1. The normalized spacial score (nSPS) is 25.1. The molecule has 1 aromatic carbocycles. The van der Waals surface area contributed by atoms with E-state index in [1.54, 1.807) is 10.8 Å². The summed E-state index contributed by atoms with van der Waals surface area (Å²) in [5.41, 5.74) is 0.946. The Bertz CT molecular complexity index is 1320. The number of anilines is 3. The van der Waals surface area contributed by atoms with Crippen LogP contribution in [0.25, 0.3) is 21.9 Å². The van der Waals surface area contributed by atoms with Crippen molar-refractivity contribution in [3.63, 3.8) is 0 Å². The molecule has 4 unspecified atom stereocenters. The summed E-state index contributed by atoms with van der Waals surface area (Å²) < 4.78 is 7.25. The van der Waals surface area contributed by atoms with Crippen LogP contribution in [0.1, 0.15) is 19.1 Å². The second kappa shape index (κ2) is 7.89. The lowest BCUT2D eigenvalue weighted by Gasteiger charge is -2.17.